The van der Waals surface area contributed by atoms with Crippen LogP contribution in [0.2, 0.25) is 0 Å². The lowest BCUT2D eigenvalue weighted by Crippen LogP contribution is -2.44. The third kappa shape index (κ3) is 7.00. The maximum absolute atomic E-state index is 12.2. The molecule has 0 radical (unpaired) electrons. The normalized spacial score (nSPS) is 10.8. The first kappa shape index (κ1) is 20.0. The van der Waals surface area contributed by atoms with Gasteiger partial charge in [-0.15, -0.1) is 0 Å². The van der Waals surface area contributed by atoms with E-state index in [-0.39, 0.29) is 30.9 Å². The third-order valence-electron chi connectivity index (χ3n) is 3.89. The van der Waals surface area contributed by atoms with Gasteiger partial charge in [0.25, 0.3) is 0 Å². The summed E-state index contributed by atoms with van der Waals surface area (Å²) in [7, 11) is 1.58. The molecule has 2 amide bonds. The van der Waals surface area contributed by atoms with Gasteiger partial charge in [0.05, 0.1) is 20.2 Å². The van der Waals surface area contributed by atoms with E-state index < -0.39 is 0 Å². The smallest absolute Gasteiger partial charge is 0.238 e. The second-order valence-electron chi connectivity index (χ2n) is 5.66. The van der Waals surface area contributed by atoms with Crippen molar-refractivity contribution in [3.63, 3.8) is 0 Å². The molecule has 0 fully saturated rings. The molecule has 0 heterocycles. The largest absolute Gasteiger partial charge is 0.497 e. The first-order valence-electron chi connectivity index (χ1n) is 8.47. The van der Waals surface area contributed by atoms with Crippen molar-refractivity contribution in [1.29, 1.82) is 0 Å². The summed E-state index contributed by atoms with van der Waals surface area (Å²) >= 11 is 0. The summed E-state index contributed by atoms with van der Waals surface area (Å²) in [5.41, 5.74) is 0.678. The van der Waals surface area contributed by atoms with Crippen LogP contribution in [0.4, 0.5) is 5.69 Å². The number of likely N-dealkylation sites (N-methyl/N-ethyl adjacent to an activating group) is 1. The highest BCUT2D eigenvalue weighted by molar-refractivity contribution is 5.92. The number of nitrogens with zero attached hydrogens (tertiary/aromatic N) is 1. The number of ether oxygens (including phenoxy) is 1. The maximum atomic E-state index is 12.2. The number of amides is 2. The van der Waals surface area contributed by atoms with Gasteiger partial charge in [0.2, 0.25) is 11.8 Å². The highest BCUT2D eigenvalue weighted by Gasteiger charge is 2.15. The fourth-order valence-electron chi connectivity index (χ4n) is 2.35. The number of carbonyl (C=O) groups is 2. The minimum absolute atomic E-state index is 0.0419. The van der Waals surface area contributed by atoms with Crippen LogP contribution in [-0.2, 0) is 9.59 Å². The summed E-state index contributed by atoms with van der Waals surface area (Å²) in [6, 6.07) is 7.39. The molecule has 0 spiro atoms. The Morgan fingerprint density at radius 3 is 2.38 bits per heavy atom. The number of rotatable bonds is 10. The molecule has 0 aliphatic carbocycles. The highest BCUT2D eigenvalue weighted by Crippen LogP contribution is 2.16. The van der Waals surface area contributed by atoms with Crippen LogP contribution >= 0.6 is 0 Å². The average Bonchev–Trinajstić information content (AvgIpc) is 2.59. The Hall–Kier alpha value is -2.08. The number of methoxy groups -OCH3 is 1. The molecule has 134 valence electrons. The van der Waals surface area contributed by atoms with Gasteiger partial charge in [-0.2, -0.15) is 0 Å². The monoisotopic (exact) mass is 335 g/mol. The number of anilines is 1. The van der Waals surface area contributed by atoms with E-state index in [1.807, 2.05) is 37.8 Å². The molecule has 2 N–H and O–H groups in total. The predicted molar refractivity (Wildman–Crippen MR) is 96.3 cm³/mol. The Kier molecular flexibility index (Phi) is 8.86. The van der Waals surface area contributed by atoms with Crippen molar-refractivity contribution < 1.29 is 14.3 Å². The molecule has 0 aliphatic rings. The zero-order valence-corrected chi connectivity index (χ0v) is 15.1. The van der Waals surface area contributed by atoms with Crippen molar-refractivity contribution in [2.24, 2.45) is 0 Å². The zero-order valence-electron chi connectivity index (χ0n) is 15.1. The standard InChI is InChI=1S/C18H29N3O3/c1-5-14(6-2)19-17(22)12-21(7-3)13-18(23)20-15-9-8-10-16(11-15)24-4/h8-11,14H,5-7,12-13H2,1-4H3,(H,19,22)(H,20,23). The minimum atomic E-state index is -0.152. The average molecular weight is 335 g/mol. The number of hydrogen-bond donors (Lipinski definition) is 2. The lowest BCUT2D eigenvalue weighted by Gasteiger charge is -2.21. The van der Waals surface area contributed by atoms with E-state index in [1.165, 1.54) is 0 Å². The highest BCUT2D eigenvalue weighted by atomic mass is 16.5. The molecule has 1 aromatic carbocycles. The van der Waals surface area contributed by atoms with Gasteiger partial charge in [-0.05, 0) is 31.5 Å². The molecule has 0 bridgehead atoms. The van der Waals surface area contributed by atoms with Crippen LogP contribution < -0.4 is 15.4 Å². The van der Waals surface area contributed by atoms with Crippen LogP contribution in [0.25, 0.3) is 0 Å². The fourth-order valence-corrected chi connectivity index (χ4v) is 2.35. The number of carbonyl (C=O) groups excluding carboxylic acids is 2. The van der Waals surface area contributed by atoms with Crippen LogP contribution in [0.1, 0.15) is 33.6 Å². The molecular weight excluding hydrogens is 306 g/mol. The summed E-state index contributed by atoms with van der Waals surface area (Å²) in [6.07, 6.45) is 1.81. The van der Waals surface area contributed by atoms with E-state index in [1.54, 1.807) is 19.2 Å². The van der Waals surface area contributed by atoms with E-state index in [4.69, 9.17) is 4.74 Å². The van der Waals surface area contributed by atoms with Crippen molar-refractivity contribution in [3.05, 3.63) is 24.3 Å². The summed E-state index contributed by atoms with van der Waals surface area (Å²) in [5, 5.41) is 5.82. The number of hydrogen-bond acceptors (Lipinski definition) is 4. The van der Waals surface area contributed by atoms with Crippen LogP contribution in [0.3, 0.4) is 0 Å². The van der Waals surface area contributed by atoms with Gasteiger partial charge in [0, 0.05) is 17.8 Å². The van der Waals surface area contributed by atoms with Crippen molar-refractivity contribution in [2.45, 2.75) is 39.7 Å². The summed E-state index contributed by atoms with van der Waals surface area (Å²) in [6.45, 7) is 7.05. The molecule has 0 atom stereocenters. The van der Waals surface area contributed by atoms with Crippen molar-refractivity contribution >= 4 is 17.5 Å². The van der Waals surface area contributed by atoms with Gasteiger partial charge in [0.15, 0.2) is 0 Å². The fraction of sp³-hybridized carbons (Fsp3) is 0.556. The van der Waals surface area contributed by atoms with Crippen molar-refractivity contribution in [2.75, 3.05) is 32.1 Å². The quantitative estimate of drug-likeness (QED) is 0.688. The summed E-state index contributed by atoms with van der Waals surface area (Å²) in [4.78, 5) is 26.0. The molecule has 0 aliphatic heterocycles. The van der Waals surface area contributed by atoms with Crippen molar-refractivity contribution in [3.8, 4) is 5.75 Å². The zero-order chi connectivity index (χ0) is 17.9. The molecule has 24 heavy (non-hydrogen) atoms. The molecule has 1 rings (SSSR count). The van der Waals surface area contributed by atoms with Crippen LogP contribution in [-0.4, -0.2) is 49.5 Å². The van der Waals surface area contributed by atoms with Crippen LogP contribution in [0, 0.1) is 0 Å². The first-order valence-corrected chi connectivity index (χ1v) is 8.47. The van der Waals surface area contributed by atoms with E-state index in [2.05, 4.69) is 10.6 Å². The minimum Gasteiger partial charge on any atom is -0.497 e. The van der Waals surface area contributed by atoms with Gasteiger partial charge in [0.1, 0.15) is 5.75 Å². The van der Waals surface area contributed by atoms with Crippen molar-refractivity contribution in [1.82, 2.24) is 10.2 Å². The second-order valence-corrected chi connectivity index (χ2v) is 5.66. The van der Waals surface area contributed by atoms with Gasteiger partial charge >= 0.3 is 0 Å². The topological polar surface area (TPSA) is 70.7 Å². The summed E-state index contributed by atoms with van der Waals surface area (Å²) in [5.74, 6) is 0.491. The first-order chi connectivity index (χ1) is 11.5. The van der Waals surface area contributed by atoms with Crippen LogP contribution in [0.15, 0.2) is 24.3 Å². The molecule has 0 unspecified atom stereocenters. The molecule has 1 aromatic rings. The van der Waals surface area contributed by atoms with Gasteiger partial charge < -0.3 is 15.4 Å². The molecule has 0 aromatic heterocycles. The van der Waals surface area contributed by atoms with Crippen LogP contribution in [0.5, 0.6) is 5.75 Å². The molecule has 0 saturated carbocycles. The predicted octanol–water partition coefficient (Wildman–Crippen LogP) is 2.26. The molecule has 0 saturated heterocycles. The van der Waals surface area contributed by atoms with E-state index in [9.17, 15) is 9.59 Å². The maximum Gasteiger partial charge on any atom is 0.238 e. The Balaban J connectivity index is 2.51. The van der Waals surface area contributed by atoms with Gasteiger partial charge in [-0.25, -0.2) is 0 Å². The Labute approximate surface area is 144 Å². The van der Waals surface area contributed by atoms with Gasteiger partial charge in [-0.3, -0.25) is 14.5 Å². The Bertz CT molecular complexity index is 530. The lowest BCUT2D eigenvalue weighted by atomic mass is 10.2. The second kappa shape index (κ2) is 10.6. The molecule has 6 nitrogen and oxygen atoms in total. The molecular formula is C18H29N3O3. The molecule has 6 heteroatoms. The van der Waals surface area contributed by atoms with E-state index in [0.717, 1.165) is 12.8 Å². The number of nitrogens with one attached hydrogen (secondary N) is 2. The third-order valence-corrected chi connectivity index (χ3v) is 3.89. The summed E-state index contributed by atoms with van der Waals surface area (Å²) < 4.78 is 5.13. The number of benzene rings is 1. The van der Waals surface area contributed by atoms with Gasteiger partial charge in [-0.1, -0.05) is 26.8 Å². The van der Waals surface area contributed by atoms with E-state index >= 15 is 0 Å². The SMILES string of the molecule is CCC(CC)NC(=O)CN(CC)CC(=O)Nc1cccc(OC)c1. The lowest BCUT2D eigenvalue weighted by molar-refractivity contribution is -0.124. The Morgan fingerprint density at radius 2 is 1.79 bits per heavy atom. The Morgan fingerprint density at radius 1 is 1.12 bits per heavy atom. The van der Waals surface area contributed by atoms with E-state index in [0.29, 0.717) is 18.0 Å².